The summed E-state index contributed by atoms with van der Waals surface area (Å²) < 4.78 is 6.59. The first-order chi connectivity index (χ1) is 7.59. The van der Waals surface area contributed by atoms with Gasteiger partial charge in [0, 0.05) is 18.1 Å². The molecule has 1 aromatic carbocycles. The van der Waals surface area contributed by atoms with E-state index in [0.717, 1.165) is 28.9 Å². The first-order valence-electron chi connectivity index (χ1n) is 5.49. The van der Waals surface area contributed by atoms with E-state index in [0.29, 0.717) is 6.04 Å². The van der Waals surface area contributed by atoms with Gasteiger partial charge in [0.1, 0.15) is 0 Å². The van der Waals surface area contributed by atoms with Crippen LogP contribution in [0.4, 0.5) is 11.4 Å². The van der Waals surface area contributed by atoms with E-state index < -0.39 is 0 Å². The second kappa shape index (κ2) is 4.63. The van der Waals surface area contributed by atoms with Crippen LogP contribution < -0.4 is 10.6 Å². The van der Waals surface area contributed by atoms with Crippen LogP contribution in [0.5, 0.6) is 0 Å². The van der Waals surface area contributed by atoms with E-state index in [4.69, 9.17) is 10.5 Å². The Morgan fingerprint density at radius 1 is 1.50 bits per heavy atom. The van der Waals surface area contributed by atoms with Gasteiger partial charge in [-0.05, 0) is 31.5 Å². The van der Waals surface area contributed by atoms with Crippen molar-refractivity contribution in [1.29, 1.82) is 0 Å². The van der Waals surface area contributed by atoms with Crippen molar-refractivity contribution in [1.82, 2.24) is 0 Å². The van der Waals surface area contributed by atoms with Crippen LogP contribution in [0.2, 0.25) is 0 Å². The molecule has 88 valence electrons. The number of nitrogens with zero attached hydrogens (tertiary/aromatic N) is 1. The molecule has 2 unspecified atom stereocenters. The van der Waals surface area contributed by atoms with Crippen LogP contribution in [0.3, 0.4) is 0 Å². The van der Waals surface area contributed by atoms with E-state index in [1.165, 1.54) is 0 Å². The molecule has 1 heterocycles. The number of likely N-dealkylation sites (N-methyl/N-ethyl adjacent to an activating group) is 1. The minimum absolute atomic E-state index is 0.271. The number of anilines is 2. The zero-order chi connectivity index (χ0) is 11.7. The van der Waals surface area contributed by atoms with Crippen LogP contribution in [-0.4, -0.2) is 25.8 Å². The topological polar surface area (TPSA) is 38.5 Å². The minimum atomic E-state index is 0.271. The highest BCUT2D eigenvalue weighted by molar-refractivity contribution is 9.10. The number of nitrogen functional groups attached to an aromatic ring is 1. The fraction of sp³-hybridized carbons (Fsp3) is 0.500. The van der Waals surface area contributed by atoms with Crippen molar-refractivity contribution in [2.75, 3.05) is 24.3 Å². The molecule has 0 radical (unpaired) electrons. The molecule has 4 heteroatoms. The summed E-state index contributed by atoms with van der Waals surface area (Å²) in [6.07, 6.45) is 1.33. The molecule has 0 aliphatic carbocycles. The van der Waals surface area contributed by atoms with Gasteiger partial charge >= 0.3 is 0 Å². The number of rotatable bonds is 2. The summed E-state index contributed by atoms with van der Waals surface area (Å²) in [6, 6.07) is 6.42. The number of halogens is 1. The third-order valence-electron chi connectivity index (χ3n) is 3.20. The molecule has 2 atom stereocenters. The Kier molecular flexibility index (Phi) is 3.40. The summed E-state index contributed by atoms with van der Waals surface area (Å²) in [6.45, 7) is 2.95. The minimum Gasteiger partial charge on any atom is -0.397 e. The van der Waals surface area contributed by atoms with Gasteiger partial charge in [-0.3, -0.25) is 0 Å². The molecule has 2 rings (SSSR count). The highest BCUT2D eigenvalue weighted by Gasteiger charge is 2.28. The average Bonchev–Trinajstić information content (AvgIpc) is 2.63. The maximum absolute atomic E-state index is 6.02. The number of ether oxygens (including phenoxy) is 1. The maximum atomic E-state index is 6.02. The normalized spacial score (nSPS) is 24.7. The Labute approximate surface area is 105 Å². The van der Waals surface area contributed by atoms with E-state index in [9.17, 15) is 0 Å². The first-order valence-corrected chi connectivity index (χ1v) is 6.28. The monoisotopic (exact) mass is 284 g/mol. The lowest BCUT2D eigenvalue weighted by Crippen LogP contribution is -2.37. The van der Waals surface area contributed by atoms with Gasteiger partial charge in [0.15, 0.2) is 0 Å². The van der Waals surface area contributed by atoms with Gasteiger partial charge in [-0.2, -0.15) is 0 Å². The van der Waals surface area contributed by atoms with E-state index >= 15 is 0 Å². The van der Waals surface area contributed by atoms with Gasteiger partial charge in [0.25, 0.3) is 0 Å². The average molecular weight is 285 g/mol. The quantitative estimate of drug-likeness (QED) is 0.849. The molecular formula is C12H17BrN2O. The molecule has 1 fully saturated rings. The van der Waals surface area contributed by atoms with Crippen molar-refractivity contribution in [2.24, 2.45) is 0 Å². The van der Waals surface area contributed by atoms with Crippen molar-refractivity contribution in [3.8, 4) is 0 Å². The Bertz CT molecular complexity index is 383. The molecule has 0 saturated carbocycles. The van der Waals surface area contributed by atoms with Crippen LogP contribution in [0.25, 0.3) is 0 Å². The summed E-state index contributed by atoms with van der Waals surface area (Å²) in [4.78, 5) is 2.22. The number of nitrogens with two attached hydrogens (primary N) is 1. The molecule has 2 N–H and O–H groups in total. The van der Waals surface area contributed by atoms with Crippen molar-refractivity contribution < 1.29 is 4.74 Å². The fourth-order valence-electron chi connectivity index (χ4n) is 2.25. The predicted molar refractivity (Wildman–Crippen MR) is 70.8 cm³/mol. The van der Waals surface area contributed by atoms with E-state index in [2.05, 4.69) is 34.8 Å². The lowest BCUT2D eigenvalue weighted by Gasteiger charge is -2.29. The number of hydrogen-bond acceptors (Lipinski definition) is 3. The van der Waals surface area contributed by atoms with Crippen LogP contribution in [0.1, 0.15) is 13.3 Å². The molecule has 1 aliphatic heterocycles. The van der Waals surface area contributed by atoms with Crippen molar-refractivity contribution in [3.05, 3.63) is 22.7 Å². The van der Waals surface area contributed by atoms with Crippen LogP contribution in [0.15, 0.2) is 22.7 Å². The zero-order valence-corrected chi connectivity index (χ0v) is 11.2. The van der Waals surface area contributed by atoms with E-state index in [1.807, 2.05) is 18.2 Å². The standard InChI is InChI=1S/C12H17BrN2O/c1-8-11(5-6-16-8)15(2)12-4-3-9(13)7-10(12)14/h3-4,7-8,11H,5-6,14H2,1-2H3. The van der Waals surface area contributed by atoms with Crippen molar-refractivity contribution in [3.63, 3.8) is 0 Å². The zero-order valence-electron chi connectivity index (χ0n) is 9.61. The smallest absolute Gasteiger partial charge is 0.0750 e. The lowest BCUT2D eigenvalue weighted by atomic mass is 10.1. The number of benzene rings is 1. The van der Waals surface area contributed by atoms with Gasteiger partial charge in [-0.15, -0.1) is 0 Å². The van der Waals surface area contributed by atoms with Gasteiger partial charge in [0.2, 0.25) is 0 Å². The summed E-state index contributed by atoms with van der Waals surface area (Å²) in [5, 5.41) is 0. The fourth-order valence-corrected chi connectivity index (χ4v) is 2.63. The van der Waals surface area contributed by atoms with E-state index in [1.54, 1.807) is 0 Å². The van der Waals surface area contributed by atoms with Crippen LogP contribution in [-0.2, 0) is 4.74 Å². The largest absolute Gasteiger partial charge is 0.397 e. The van der Waals surface area contributed by atoms with Crippen molar-refractivity contribution >= 4 is 27.3 Å². The first kappa shape index (κ1) is 11.7. The summed E-state index contributed by atoms with van der Waals surface area (Å²) >= 11 is 3.42. The van der Waals surface area contributed by atoms with Crippen LogP contribution in [0, 0.1) is 0 Å². The van der Waals surface area contributed by atoms with E-state index in [-0.39, 0.29) is 6.10 Å². The van der Waals surface area contributed by atoms with Gasteiger partial charge in [-0.1, -0.05) is 15.9 Å². The molecular weight excluding hydrogens is 268 g/mol. The Morgan fingerprint density at radius 3 is 2.81 bits per heavy atom. The molecule has 0 bridgehead atoms. The second-order valence-corrected chi connectivity index (χ2v) is 5.16. The molecule has 0 amide bonds. The van der Waals surface area contributed by atoms with Crippen LogP contribution >= 0.6 is 15.9 Å². The SMILES string of the molecule is CC1OCCC1N(C)c1ccc(Br)cc1N. The maximum Gasteiger partial charge on any atom is 0.0750 e. The second-order valence-electron chi connectivity index (χ2n) is 4.25. The summed E-state index contributed by atoms with van der Waals surface area (Å²) in [7, 11) is 2.08. The summed E-state index contributed by atoms with van der Waals surface area (Å²) in [5.41, 5.74) is 7.90. The lowest BCUT2D eigenvalue weighted by molar-refractivity contribution is 0.118. The third-order valence-corrected chi connectivity index (χ3v) is 3.70. The number of hydrogen-bond donors (Lipinski definition) is 1. The third kappa shape index (κ3) is 2.18. The molecule has 0 spiro atoms. The highest BCUT2D eigenvalue weighted by Crippen LogP contribution is 2.30. The molecule has 16 heavy (non-hydrogen) atoms. The Morgan fingerprint density at radius 2 is 2.25 bits per heavy atom. The van der Waals surface area contributed by atoms with Gasteiger partial charge in [0.05, 0.1) is 23.5 Å². The predicted octanol–water partition coefficient (Wildman–Crippen LogP) is 2.64. The molecule has 3 nitrogen and oxygen atoms in total. The summed E-state index contributed by atoms with van der Waals surface area (Å²) in [5.74, 6) is 0. The highest BCUT2D eigenvalue weighted by atomic mass is 79.9. The molecule has 1 aliphatic rings. The molecule has 0 aromatic heterocycles. The molecule has 1 saturated heterocycles. The van der Waals surface area contributed by atoms with Gasteiger partial charge < -0.3 is 15.4 Å². The Balaban J connectivity index is 2.23. The molecule has 1 aromatic rings. The van der Waals surface area contributed by atoms with Crippen molar-refractivity contribution in [2.45, 2.75) is 25.5 Å². The Hall–Kier alpha value is -0.740. The van der Waals surface area contributed by atoms with Gasteiger partial charge in [-0.25, -0.2) is 0 Å².